The van der Waals surface area contributed by atoms with Crippen molar-refractivity contribution in [1.82, 2.24) is 0 Å². The molecule has 5 nitrogen and oxygen atoms in total. The summed E-state index contributed by atoms with van der Waals surface area (Å²) < 4.78 is 5.66. The number of carboxylic acid groups (broad SMARTS) is 1. The molecule has 0 aliphatic heterocycles. The molecule has 0 radical (unpaired) electrons. The largest absolute Gasteiger partial charge is 0.548 e. The highest BCUT2D eigenvalue weighted by molar-refractivity contribution is 5.80. The second-order valence-electron chi connectivity index (χ2n) is 6.70. The number of aliphatic carboxylic acids is 1. The third kappa shape index (κ3) is 2.48. The number of carbonyl (C=O) groups excluding carboxylic acids is 2. The summed E-state index contributed by atoms with van der Waals surface area (Å²) in [6.45, 7) is 0. The molecule has 0 aromatic carbocycles. The lowest BCUT2D eigenvalue weighted by Crippen LogP contribution is -2.53. The molecule has 2 N–H and O–H groups in total. The van der Waals surface area contributed by atoms with Gasteiger partial charge in [0.15, 0.2) is 0 Å². The molecule has 0 aromatic rings. The van der Waals surface area contributed by atoms with E-state index in [4.69, 9.17) is 10.5 Å². The third-order valence-corrected chi connectivity index (χ3v) is 5.00. The quantitative estimate of drug-likeness (QED) is 0.721. The molecule has 19 heavy (non-hydrogen) atoms. The van der Waals surface area contributed by atoms with Crippen LogP contribution in [0.3, 0.4) is 0 Å². The fourth-order valence-electron chi connectivity index (χ4n) is 4.70. The molecule has 4 fully saturated rings. The van der Waals surface area contributed by atoms with Crippen molar-refractivity contribution >= 4 is 11.9 Å². The van der Waals surface area contributed by atoms with Crippen molar-refractivity contribution in [3.8, 4) is 0 Å². The van der Waals surface area contributed by atoms with E-state index in [1.807, 2.05) is 0 Å². The van der Waals surface area contributed by atoms with E-state index in [1.54, 1.807) is 0 Å². The average Bonchev–Trinajstić information content (AvgIpc) is 2.25. The van der Waals surface area contributed by atoms with E-state index in [-0.39, 0.29) is 12.0 Å². The van der Waals surface area contributed by atoms with Gasteiger partial charge >= 0.3 is 5.97 Å². The molecule has 4 rings (SSSR count). The van der Waals surface area contributed by atoms with Crippen LogP contribution in [0.5, 0.6) is 0 Å². The van der Waals surface area contributed by atoms with Crippen LogP contribution >= 0.6 is 0 Å². The van der Waals surface area contributed by atoms with Crippen LogP contribution in [0.2, 0.25) is 0 Å². The number of carboxylic acids is 1. The average molecular weight is 266 g/mol. The first-order valence-corrected chi connectivity index (χ1v) is 7.14. The van der Waals surface area contributed by atoms with Gasteiger partial charge in [-0.3, -0.25) is 4.79 Å². The minimum Gasteiger partial charge on any atom is -0.548 e. The van der Waals surface area contributed by atoms with E-state index in [1.165, 1.54) is 19.3 Å². The van der Waals surface area contributed by atoms with Crippen molar-refractivity contribution < 1.29 is 19.4 Å². The second-order valence-corrected chi connectivity index (χ2v) is 6.70. The highest BCUT2D eigenvalue weighted by Crippen LogP contribution is 2.57. The van der Waals surface area contributed by atoms with Crippen LogP contribution in [0.25, 0.3) is 0 Å². The van der Waals surface area contributed by atoms with Crippen molar-refractivity contribution in [3.63, 3.8) is 0 Å². The number of nitrogens with two attached hydrogens (primary N) is 1. The van der Waals surface area contributed by atoms with Crippen LogP contribution < -0.4 is 10.8 Å². The van der Waals surface area contributed by atoms with E-state index < -0.39 is 18.0 Å². The van der Waals surface area contributed by atoms with Crippen LogP contribution in [0.1, 0.15) is 44.9 Å². The zero-order chi connectivity index (χ0) is 13.6. The van der Waals surface area contributed by atoms with E-state index in [9.17, 15) is 14.7 Å². The Morgan fingerprint density at radius 2 is 1.63 bits per heavy atom. The minimum absolute atomic E-state index is 0.288. The van der Waals surface area contributed by atoms with Gasteiger partial charge in [0.1, 0.15) is 5.60 Å². The summed E-state index contributed by atoms with van der Waals surface area (Å²) >= 11 is 0. The van der Waals surface area contributed by atoms with Gasteiger partial charge in [0.05, 0.1) is 18.4 Å². The lowest BCUT2D eigenvalue weighted by molar-refractivity contribution is -0.307. The van der Waals surface area contributed by atoms with Gasteiger partial charge < -0.3 is 20.4 Å². The molecular formula is C14H20NO4-. The van der Waals surface area contributed by atoms with E-state index in [2.05, 4.69) is 0 Å². The second kappa shape index (κ2) is 4.47. The molecule has 0 spiro atoms. The van der Waals surface area contributed by atoms with Gasteiger partial charge in [-0.15, -0.1) is 0 Å². The van der Waals surface area contributed by atoms with Gasteiger partial charge in [-0.25, -0.2) is 0 Å². The fourth-order valence-corrected chi connectivity index (χ4v) is 4.70. The van der Waals surface area contributed by atoms with E-state index in [0.29, 0.717) is 17.8 Å². The van der Waals surface area contributed by atoms with Gasteiger partial charge in [-0.1, -0.05) is 0 Å². The predicted molar refractivity (Wildman–Crippen MR) is 64.6 cm³/mol. The maximum atomic E-state index is 11.8. The van der Waals surface area contributed by atoms with Crippen LogP contribution in [0, 0.1) is 17.8 Å². The Balaban J connectivity index is 1.63. The number of hydrogen-bond donors (Lipinski definition) is 1. The summed E-state index contributed by atoms with van der Waals surface area (Å²) in [6, 6.07) is -1.26. The lowest BCUT2D eigenvalue weighted by atomic mass is 9.54. The summed E-state index contributed by atoms with van der Waals surface area (Å²) in [6.07, 6.45) is 6.38. The molecule has 4 aliphatic carbocycles. The molecule has 0 amide bonds. The maximum Gasteiger partial charge on any atom is 0.308 e. The predicted octanol–water partition coefficient (Wildman–Crippen LogP) is -0.0343. The number of hydrogen-bond acceptors (Lipinski definition) is 5. The Morgan fingerprint density at radius 3 is 2.05 bits per heavy atom. The van der Waals surface area contributed by atoms with Crippen molar-refractivity contribution in [3.05, 3.63) is 0 Å². The van der Waals surface area contributed by atoms with Gasteiger partial charge in [0.2, 0.25) is 0 Å². The summed E-state index contributed by atoms with van der Waals surface area (Å²) in [5, 5.41) is 10.6. The highest BCUT2D eigenvalue weighted by atomic mass is 16.6. The summed E-state index contributed by atoms with van der Waals surface area (Å²) in [7, 11) is 0. The number of esters is 1. The van der Waals surface area contributed by atoms with Gasteiger partial charge in [-0.05, 0) is 56.3 Å². The first-order valence-electron chi connectivity index (χ1n) is 7.14. The number of rotatable bonds is 4. The number of ether oxygens (including phenoxy) is 1. The molecule has 4 bridgehead atoms. The first kappa shape index (κ1) is 12.9. The van der Waals surface area contributed by atoms with Crippen molar-refractivity contribution in [2.45, 2.75) is 56.6 Å². The Hall–Kier alpha value is -1.10. The smallest absolute Gasteiger partial charge is 0.308 e. The summed E-state index contributed by atoms with van der Waals surface area (Å²) in [4.78, 5) is 22.4. The molecule has 0 saturated heterocycles. The van der Waals surface area contributed by atoms with Crippen molar-refractivity contribution in [2.24, 2.45) is 23.5 Å². The Kier molecular flexibility index (Phi) is 3.04. The number of carbonyl (C=O) groups is 2. The zero-order valence-corrected chi connectivity index (χ0v) is 11.0. The maximum absolute atomic E-state index is 11.8. The molecule has 4 aliphatic rings. The van der Waals surface area contributed by atoms with Crippen molar-refractivity contribution in [2.75, 3.05) is 0 Å². The standard InChI is InChI=1S/C14H21NO4/c15-11(13(17)18)4-12(16)19-14-5-8-1-9(6-14)3-10(2-8)7-14/h8-11H,1-7,15H2,(H,17,18)/p-1/t8?,9?,10?,11-,14?/m0/s1. The fraction of sp³-hybridized carbons (Fsp3) is 0.857. The lowest BCUT2D eigenvalue weighted by Gasteiger charge is -2.55. The van der Waals surface area contributed by atoms with Crippen LogP contribution in [-0.4, -0.2) is 23.6 Å². The molecular weight excluding hydrogens is 246 g/mol. The minimum atomic E-state index is -1.40. The van der Waals surface area contributed by atoms with Crippen LogP contribution in [-0.2, 0) is 14.3 Å². The van der Waals surface area contributed by atoms with E-state index in [0.717, 1.165) is 19.3 Å². The van der Waals surface area contributed by atoms with Crippen molar-refractivity contribution in [1.29, 1.82) is 0 Å². The molecule has 0 heterocycles. The molecule has 0 aromatic heterocycles. The Bertz CT molecular complexity index is 371. The SMILES string of the molecule is N[C@@H](CC(=O)OC12CC3CC(CC(C3)C1)C2)C(=O)[O-]. The Morgan fingerprint density at radius 1 is 1.16 bits per heavy atom. The molecule has 1 atom stereocenters. The van der Waals surface area contributed by atoms with Crippen LogP contribution in [0.4, 0.5) is 0 Å². The topological polar surface area (TPSA) is 92.5 Å². The molecule has 4 saturated carbocycles. The summed E-state index contributed by atoms with van der Waals surface area (Å²) in [5.41, 5.74) is 5.00. The molecule has 5 heteroatoms. The first-order chi connectivity index (χ1) is 8.96. The zero-order valence-electron chi connectivity index (χ0n) is 11.0. The Labute approximate surface area is 112 Å². The molecule has 106 valence electrons. The highest BCUT2D eigenvalue weighted by Gasteiger charge is 2.53. The third-order valence-electron chi connectivity index (χ3n) is 5.00. The van der Waals surface area contributed by atoms with E-state index >= 15 is 0 Å². The monoisotopic (exact) mass is 266 g/mol. The van der Waals surface area contributed by atoms with Gasteiger partial charge in [-0.2, -0.15) is 0 Å². The van der Waals surface area contributed by atoms with Gasteiger partial charge in [0, 0.05) is 0 Å². The normalized spacial score (nSPS) is 41.0. The summed E-state index contributed by atoms with van der Waals surface area (Å²) in [5.74, 6) is 0.178. The molecule has 0 unspecified atom stereocenters. The van der Waals surface area contributed by atoms with Crippen LogP contribution in [0.15, 0.2) is 0 Å². The van der Waals surface area contributed by atoms with Gasteiger partial charge in [0.25, 0.3) is 0 Å².